The van der Waals surface area contributed by atoms with Gasteiger partial charge < -0.3 is 15.4 Å². The predicted octanol–water partition coefficient (Wildman–Crippen LogP) is 4.83. The van der Waals surface area contributed by atoms with Crippen LogP contribution in [0.5, 0.6) is 0 Å². The fourth-order valence-corrected chi connectivity index (χ4v) is 3.53. The van der Waals surface area contributed by atoms with Crippen molar-refractivity contribution in [2.75, 3.05) is 19.0 Å². The maximum atomic E-state index is 12.8. The molecule has 0 fully saturated rings. The van der Waals surface area contributed by atoms with Gasteiger partial charge in [0.2, 0.25) is 5.91 Å². The molecule has 0 aromatic heterocycles. The van der Waals surface area contributed by atoms with E-state index in [9.17, 15) is 14.4 Å². The Hall–Kier alpha value is -3.06. The summed E-state index contributed by atoms with van der Waals surface area (Å²) in [6, 6.07) is 11.5. The lowest BCUT2D eigenvalue weighted by Gasteiger charge is -2.18. The summed E-state index contributed by atoms with van der Waals surface area (Å²) in [6.07, 6.45) is 0.583. The predicted molar refractivity (Wildman–Crippen MR) is 135 cm³/mol. The summed E-state index contributed by atoms with van der Waals surface area (Å²) >= 11 is 6.36. The summed E-state index contributed by atoms with van der Waals surface area (Å²) in [5.74, 6) is 0.00851. The fourth-order valence-electron chi connectivity index (χ4n) is 3.28. The van der Waals surface area contributed by atoms with Gasteiger partial charge >= 0.3 is 6.09 Å². The zero-order valence-corrected chi connectivity index (χ0v) is 21.2. The quantitative estimate of drug-likeness (QED) is 0.447. The van der Waals surface area contributed by atoms with Crippen LogP contribution in [-0.4, -0.2) is 37.6 Å². The number of rotatable bonds is 10. The smallest absolute Gasteiger partial charge is 0.411 e. The van der Waals surface area contributed by atoms with E-state index in [0.717, 1.165) is 17.5 Å². The average Bonchev–Trinajstić information content (AvgIpc) is 2.79. The second-order valence-corrected chi connectivity index (χ2v) is 9.47. The summed E-state index contributed by atoms with van der Waals surface area (Å²) in [5, 5.41) is 8.59. The molecule has 34 heavy (non-hydrogen) atoms. The van der Waals surface area contributed by atoms with Crippen molar-refractivity contribution in [1.29, 1.82) is 0 Å². The Bertz CT molecular complexity index is 990. The molecule has 8 heteroatoms. The maximum absolute atomic E-state index is 12.8. The normalized spacial score (nSPS) is 11.8. The van der Waals surface area contributed by atoms with Gasteiger partial charge in [-0.05, 0) is 53.6 Å². The molecule has 0 bridgehead atoms. The first-order valence-corrected chi connectivity index (χ1v) is 11.8. The standard InChI is InChI=1S/C26H34ClN3O4/c1-16(2)12-19-8-9-20(14-22(19)27)24(31)30-23(25(32)28-5)13-18-6-10-21(11-7-18)29-26(33)34-15-17(3)4/h6-11,14,16-17,23H,12-13,15H2,1-5H3,(H,28,32)(H,29,33)(H,30,31). The van der Waals surface area contributed by atoms with Crippen LogP contribution < -0.4 is 16.0 Å². The summed E-state index contributed by atoms with van der Waals surface area (Å²) < 4.78 is 5.11. The number of carbonyl (C=O) groups is 3. The second kappa shape index (κ2) is 13.0. The monoisotopic (exact) mass is 487 g/mol. The number of hydrogen-bond acceptors (Lipinski definition) is 4. The second-order valence-electron chi connectivity index (χ2n) is 9.06. The van der Waals surface area contributed by atoms with Crippen molar-refractivity contribution in [3.63, 3.8) is 0 Å². The van der Waals surface area contributed by atoms with Gasteiger partial charge in [-0.25, -0.2) is 4.79 Å². The highest BCUT2D eigenvalue weighted by Crippen LogP contribution is 2.21. The molecule has 0 radical (unpaired) electrons. The molecule has 0 aliphatic rings. The molecule has 0 spiro atoms. The summed E-state index contributed by atoms with van der Waals surface area (Å²) in [6.45, 7) is 8.46. The van der Waals surface area contributed by atoms with E-state index in [2.05, 4.69) is 29.8 Å². The van der Waals surface area contributed by atoms with Crippen LogP contribution in [0, 0.1) is 11.8 Å². The van der Waals surface area contributed by atoms with Crippen molar-refractivity contribution in [2.24, 2.45) is 11.8 Å². The van der Waals surface area contributed by atoms with Crippen LogP contribution >= 0.6 is 11.6 Å². The minimum absolute atomic E-state index is 0.249. The first-order chi connectivity index (χ1) is 16.1. The molecule has 1 unspecified atom stereocenters. The van der Waals surface area contributed by atoms with E-state index in [0.29, 0.717) is 28.8 Å². The molecule has 184 valence electrons. The van der Waals surface area contributed by atoms with Crippen molar-refractivity contribution >= 4 is 35.2 Å². The van der Waals surface area contributed by atoms with Gasteiger partial charge in [0.05, 0.1) is 6.61 Å². The van der Waals surface area contributed by atoms with Gasteiger partial charge in [-0.3, -0.25) is 14.9 Å². The van der Waals surface area contributed by atoms with Crippen molar-refractivity contribution in [2.45, 2.75) is 46.6 Å². The summed E-state index contributed by atoms with van der Waals surface area (Å²) in [4.78, 5) is 37.1. The fraction of sp³-hybridized carbons (Fsp3) is 0.423. The van der Waals surface area contributed by atoms with E-state index in [4.69, 9.17) is 16.3 Å². The Kier molecular flexibility index (Phi) is 10.4. The van der Waals surface area contributed by atoms with E-state index < -0.39 is 12.1 Å². The molecular weight excluding hydrogens is 454 g/mol. The molecular formula is C26H34ClN3O4. The van der Waals surface area contributed by atoms with Gasteiger partial charge in [0.15, 0.2) is 0 Å². The van der Waals surface area contributed by atoms with Crippen LogP contribution in [0.15, 0.2) is 42.5 Å². The number of ether oxygens (including phenoxy) is 1. The molecule has 2 aromatic carbocycles. The average molecular weight is 488 g/mol. The van der Waals surface area contributed by atoms with E-state index in [1.54, 1.807) is 36.4 Å². The number of halogens is 1. The lowest BCUT2D eigenvalue weighted by molar-refractivity contribution is -0.122. The van der Waals surface area contributed by atoms with Crippen molar-refractivity contribution in [3.8, 4) is 0 Å². The van der Waals surface area contributed by atoms with Crippen LogP contribution in [0.25, 0.3) is 0 Å². The zero-order valence-electron chi connectivity index (χ0n) is 20.4. The van der Waals surface area contributed by atoms with Crippen molar-refractivity contribution in [1.82, 2.24) is 10.6 Å². The Morgan fingerprint density at radius 2 is 1.62 bits per heavy atom. The number of amides is 3. The Labute approximate surface area is 206 Å². The molecule has 0 heterocycles. The molecule has 0 aliphatic heterocycles. The molecule has 7 nitrogen and oxygen atoms in total. The maximum Gasteiger partial charge on any atom is 0.411 e. The third-order valence-corrected chi connectivity index (χ3v) is 5.35. The van der Waals surface area contributed by atoms with Gasteiger partial charge in [0.25, 0.3) is 5.91 Å². The molecule has 2 aromatic rings. The minimum Gasteiger partial charge on any atom is -0.449 e. The zero-order chi connectivity index (χ0) is 25.3. The Balaban J connectivity index is 2.05. The molecule has 0 aliphatic carbocycles. The number of hydrogen-bond donors (Lipinski definition) is 3. The van der Waals surface area contributed by atoms with Gasteiger partial charge in [-0.15, -0.1) is 0 Å². The lowest BCUT2D eigenvalue weighted by atomic mass is 10.0. The van der Waals surface area contributed by atoms with Gasteiger partial charge in [-0.1, -0.05) is 57.5 Å². The van der Waals surface area contributed by atoms with Crippen LogP contribution in [0.4, 0.5) is 10.5 Å². The van der Waals surface area contributed by atoms with Crippen molar-refractivity contribution < 1.29 is 19.1 Å². The number of likely N-dealkylation sites (N-methyl/N-ethyl adjacent to an activating group) is 1. The Morgan fingerprint density at radius 1 is 0.941 bits per heavy atom. The minimum atomic E-state index is -0.776. The molecule has 3 amide bonds. The van der Waals surface area contributed by atoms with Crippen LogP contribution in [0.1, 0.15) is 49.2 Å². The number of benzene rings is 2. The van der Waals surface area contributed by atoms with Crippen LogP contribution in [0.3, 0.4) is 0 Å². The highest BCUT2D eigenvalue weighted by Gasteiger charge is 2.21. The highest BCUT2D eigenvalue weighted by molar-refractivity contribution is 6.31. The van der Waals surface area contributed by atoms with E-state index in [1.165, 1.54) is 7.05 Å². The van der Waals surface area contributed by atoms with E-state index in [1.807, 2.05) is 19.9 Å². The van der Waals surface area contributed by atoms with Crippen LogP contribution in [-0.2, 0) is 22.4 Å². The largest absolute Gasteiger partial charge is 0.449 e. The highest BCUT2D eigenvalue weighted by atomic mass is 35.5. The van der Waals surface area contributed by atoms with E-state index in [-0.39, 0.29) is 24.2 Å². The molecule has 0 saturated carbocycles. The first-order valence-electron chi connectivity index (χ1n) is 11.4. The van der Waals surface area contributed by atoms with E-state index >= 15 is 0 Å². The molecule has 2 rings (SSSR count). The topological polar surface area (TPSA) is 96.5 Å². The third-order valence-electron chi connectivity index (χ3n) is 5.00. The van der Waals surface area contributed by atoms with Crippen LogP contribution in [0.2, 0.25) is 5.02 Å². The summed E-state index contributed by atoms with van der Waals surface area (Å²) in [5.41, 5.74) is 2.78. The third kappa shape index (κ3) is 8.71. The number of anilines is 1. The first kappa shape index (κ1) is 27.2. The molecule has 3 N–H and O–H groups in total. The SMILES string of the molecule is CNC(=O)C(Cc1ccc(NC(=O)OCC(C)C)cc1)NC(=O)c1ccc(CC(C)C)c(Cl)c1. The Morgan fingerprint density at radius 3 is 2.18 bits per heavy atom. The molecule has 1 atom stereocenters. The van der Waals surface area contributed by atoms with Gasteiger partial charge in [0.1, 0.15) is 6.04 Å². The van der Waals surface area contributed by atoms with Gasteiger partial charge in [0, 0.05) is 29.7 Å². The molecule has 0 saturated heterocycles. The van der Waals surface area contributed by atoms with Gasteiger partial charge in [-0.2, -0.15) is 0 Å². The number of nitrogens with one attached hydrogen (secondary N) is 3. The lowest BCUT2D eigenvalue weighted by Crippen LogP contribution is -2.47. The summed E-state index contributed by atoms with van der Waals surface area (Å²) in [7, 11) is 1.52. The van der Waals surface area contributed by atoms with Crippen molar-refractivity contribution in [3.05, 3.63) is 64.2 Å². The number of carbonyl (C=O) groups excluding carboxylic acids is 3.